The van der Waals surface area contributed by atoms with Gasteiger partial charge in [-0.15, -0.1) is 0 Å². The van der Waals surface area contributed by atoms with Gasteiger partial charge in [-0.3, -0.25) is 14.0 Å². The number of carbonyl (C=O) groups is 3. The van der Waals surface area contributed by atoms with Gasteiger partial charge in [0.2, 0.25) is 0 Å². The number of carbonyl (C=O) groups excluding carboxylic acids is 2. The first-order chi connectivity index (χ1) is 17.5. The van der Waals surface area contributed by atoms with Crippen molar-refractivity contribution in [2.24, 2.45) is 0 Å². The number of aromatic nitrogens is 2. The van der Waals surface area contributed by atoms with Gasteiger partial charge in [-0.1, -0.05) is 24.3 Å². The standard InChI is InChI=1S/C25H18F4N4O4/c26-18-9-6-15(10-17(18)25(27,28)29)12-30-22(34)19-13-33-20(2-1-3-21(33)32-19)23(35)31-11-14-4-7-16(8-5-14)24(36)37/h1-10,13H,11-12H2,(H,30,34)(H,31,35)(H,36,37). The minimum Gasteiger partial charge on any atom is -0.478 e. The molecule has 3 N–H and O–H groups in total. The summed E-state index contributed by atoms with van der Waals surface area (Å²) >= 11 is 0. The van der Waals surface area contributed by atoms with Crippen molar-refractivity contribution in [2.45, 2.75) is 19.3 Å². The predicted molar refractivity (Wildman–Crippen MR) is 122 cm³/mol. The molecule has 2 aromatic carbocycles. The van der Waals surface area contributed by atoms with E-state index >= 15 is 0 Å². The molecule has 0 aliphatic heterocycles. The minimum atomic E-state index is -4.87. The van der Waals surface area contributed by atoms with E-state index in [0.717, 1.165) is 6.07 Å². The maximum Gasteiger partial charge on any atom is 0.419 e. The smallest absolute Gasteiger partial charge is 0.419 e. The number of amides is 2. The molecule has 0 unspecified atom stereocenters. The number of halogens is 4. The van der Waals surface area contributed by atoms with Crippen LogP contribution in [0.1, 0.15) is 48.0 Å². The number of hydrogen-bond acceptors (Lipinski definition) is 4. The molecule has 0 atom stereocenters. The summed E-state index contributed by atoms with van der Waals surface area (Å²) in [5.41, 5.74) is -0.232. The largest absolute Gasteiger partial charge is 0.478 e. The molecule has 4 rings (SSSR count). The van der Waals surface area contributed by atoms with E-state index in [0.29, 0.717) is 17.7 Å². The fourth-order valence-corrected chi connectivity index (χ4v) is 3.52. The third-order valence-corrected chi connectivity index (χ3v) is 5.40. The van der Waals surface area contributed by atoms with Crippen LogP contribution in [-0.4, -0.2) is 32.3 Å². The Labute approximate surface area is 206 Å². The van der Waals surface area contributed by atoms with Crippen molar-refractivity contribution in [1.82, 2.24) is 20.0 Å². The van der Waals surface area contributed by atoms with Crippen LogP contribution in [0.2, 0.25) is 0 Å². The molecule has 0 saturated carbocycles. The SMILES string of the molecule is O=C(O)c1ccc(CNC(=O)c2cccc3nc(C(=O)NCc4ccc(F)c(C(F)(F)F)c4)cn23)cc1. The van der Waals surface area contributed by atoms with Gasteiger partial charge in [0.25, 0.3) is 11.8 Å². The van der Waals surface area contributed by atoms with Crippen molar-refractivity contribution in [1.29, 1.82) is 0 Å². The van der Waals surface area contributed by atoms with Gasteiger partial charge < -0.3 is 15.7 Å². The lowest BCUT2D eigenvalue weighted by atomic mass is 10.1. The fourth-order valence-electron chi connectivity index (χ4n) is 3.52. The highest BCUT2D eigenvalue weighted by Gasteiger charge is 2.34. The lowest BCUT2D eigenvalue weighted by Crippen LogP contribution is -2.25. The van der Waals surface area contributed by atoms with Crippen molar-refractivity contribution in [3.8, 4) is 0 Å². The van der Waals surface area contributed by atoms with E-state index < -0.39 is 35.3 Å². The first-order valence-corrected chi connectivity index (χ1v) is 10.8. The average Bonchev–Trinajstić information content (AvgIpc) is 3.31. The fraction of sp³-hybridized carbons (Fsp3) is 0.120. The number of nitrogens with zero attached hydrogens (tertiary/aromatic N) is 2. The molecule has 0 fully saturated rings. The molecule has 0 bridgehead atoms. The monoisotopic (exact) mass is 514 g/mol. The average molecular weight is 514 g/mol. The molecule has 0 radical (unpaired) electrons. The third-order valence-electron chi connectivity index (χ3n) is 5.40. The number of benzene rings is 2. The predicted octanol–water partition coefficient (Wildman–Crippen LogP) is 4.05. The van der Waals surface area contributed by atoms with Gasteiger partial charge in [0, 0.05) is 19.3 Å². The van der Waals surface area contributed by atoms with Gasteiger partial charge in [0.05, 0.1) is 11.1 Å². The van der Waals surface area contributed by atoms with Gasteiger partial charge in [0.15, 0.2) is 0 Å². The van der Waals surface area contributed by atoms with E-state index in [1.54, 1.807) is 24.3 Å². The number of carboxylic acids is 1. The molecule has 0 aliphatic rings. The van der Waals surface area contributed by atoms with E-state index in [4.69, 9.17) is 5.11 Å². The second-order valence-corrected chi connectivity index (χ2v) is 7.94. The van der Waals surface area contributed by atoms with E-state index in [-0.39, 0.29) is 41.3 Å². The summed E-state index contributed by atoms with van der Waals surface area (Å²) in [4.78, 5) is 40.4. The topological polar surface area (TPSA) is 113 Å². The Balaban J connectivity index is 1.45. The summed E-state index contributed by atoms with van der Waals surface area (Å²) in [6.45, 7) is -0.182. The van der Waals surface area contributed by atoms with Crippen LogP contribution in [0.5, 0.6) is 0 Å². The van der Waals surface area contributed by atoms with Gasteiger partial charge in [-0.25, -0.2) is 14.2 Å². The quantitative estimate of drug-likeness (QED) is 0.322. The van der Waals surface area contributed by atoms with Gasteiger partial charge >= 0.3 is 12.1 Å². The zero-order valence-electron chi connectivity index (χ0n) is 18.8. The van der Waals surface area contributed by atoms with Gasteiger partial charge in [-0.2, -0.15) is 13.2 Å². The molecule has 2 aromatic heterocycles. The van der Waals surface area contributed by atoms with Crippen molar-refractivity contribution in [3.05, 3.63) is 106 Å². The summed E-state index contributed by atoms with van der Waals surface area (Å²) < 4.78 is 53.6. The number of nitrogens with one attached hydrogen (secondary N) is 2. The zero-order chi connectivity index (χ0) is 26.7. The zero-order valence-corrected chi connectivity index (χ0v) is 18.8. The number of alkyl halides is 3. The Morgan fingerprint density at radius 1 is 0.892 bits per heavy atom. The molecule has 8 nitrogen and oxygen atoms in total. The highest BCUT2D eigenvalue weighted by molar-refractivity contribution is 5.95. The number of pyridine rings is 1. The molecule has 0 saturated heterocycles. The van der Waals surface area contributed by atoms with Gasteiger partial charge in [0.1, 0.15) is 22.9 Å². The van der Waals surface area contributed by atoms with E-state index in [2.05, 4.69) is 15.6 Å². The first-order valence-electron chi connectivity index (χ1n) is 10.8. The molecule has 0 aliphatic carbocycles. The van der Waals surface area contributed by atoms with Crippen LogP contribution in [0.3, 0.4) is 0 Å². The van der Waals surface area contributed by atoms with Crippen molar-refractivity contribution >= 4 is 23.4 Å². The number of hydrogen-bond donors (Lipinski definition) is 3. The number of imidazole rings is 1. The molecule has 0 spiro atoms. The minimum absolute atomic E-state index is 0.0438. The summed E-state index contributed by atoms with van der Waals surface area (Å²) in [6, 6.07) is 13.1. The van der Waals surface area contributed by atoms with Crippen LogP contribution < -0.4 is 10.6 Å². The molecule has 190 valence electrons. The molecule has 4 aromatic rings. The van der Waals surface area contributed by atoms with E-state index in [1.807, 2.05) is 0 Å². The number of carboxylic acid groups (broad SMARTS) is 1. The number of fused-ring (bicyclic) bond motifs is 1. The van der Waals surface area contributed by atoms with Crippen LogP contribution in [0, 0.1) is 5.82 Å². The maximum absolute atomic E-state index is 13.5. The normalized spacial score (nSPS) is 11.4. The van der Waals surface area contributed by atoms with E-state index in [9.17, 15) is 31.9 Å². The Morgan fingerprint density at radius 3 is 2.22 bits per heavy atom. The summed E-state index contributed by atoms with van der Waals surface area (Å²) in [7, 11) is 0. The Bertz CT molecular complexity index is 1500. The molecular formula is C25H18F4N4O4. The van der Waals surface area contributed by atoms with Crippen LogP contribution in [0.25, 0.3) is 5.65 Å². The second-order valence-electron chi connectivity index (χ2n) is 7.94. The molecular weight excluding hydrogens is 496 g/mol. The second kappa shape index (κ2) is 10.1. The number of rotatable bonds is 7. The van der Waals surface area contributed by atoms with Crippen molar-refractivity contribution in [2.75, 3.05) is 0 Å². The summed E-state index contributed by atoms with van der Waals surface area (Å²) in [5, 5.41) is 14.1. The third kappa shape index (κ3) is 5.74. The Morgan fingerprint density at radius 2 is 1.54 bits per heavy atom. The van der Waals surface area contributed by atoms with Crippen LogP contribution in [-0.2, 0) is 19.3 Å². The first kappa shape index (κ1) is 25.4. The molecule has 12 heteroatoms. The molecule has 37 heavy (non-hydrogen) atoms. The van der Waals surface area contributed by atoms with Crippen molar-refractivity contribution in [3.63, 3.8) is 0 Å². The highest BCUT2D eigenvalue weighted by Crippen LogP contribution is 2.31. The number of aromatic carboxylic acids is 1. The summed E-state index contributed by atoms with van der Waals surface area (Å²) in [6.07, 6.45) is -3.56. The lowest BCUT2D eigenvalue weighted by Gasteiger charge is -2.10. The van der Waals surface area contributed by atoms with Crippen LogP contribution >= 0.6 is 0 Å². The summed E-state index contributed by atoms with van der Waals surface area (Å²) in [5.74, 6) is -3.66. The van der Waals surface area contributed by atoms with Crippen molar-refractivity contribution < 1.29 is 37.1 Å². The molecule has 2 heterocycles. The highest BCUT2D eigenvalue weighted by atomic mass is 19.4. The lowest BCUT2D eigenvalue weighted by molar-refractivity contribution is -0.140. The van der Waals surface area contributed by atoms with E-state index in [1.165, 1.54) is 28.8 Å². The van der Waals surface area contributed by atoms with Crippen LogP contribution in [0.4, 0.5) is 17.6 Å². The maximum atomic E-state index is 13.5. The molecule has 2 amide bonds. The van der Waals surface area contributed by atoms with Gasteiger partial charge in [-0.05, 0) is 47.5 Å². The Hall–Kier alpha value is -4.74. The van der Waals surface area contributed by atoms with Crippen LogP contribution in [0.15, 0.2) is 66.9 Å². The Kier molecular flexibility index (Phi) is 6.92.